The Hall–Kier alpha value is -2.65. The molecule has 1 aliphatic heterocycles. The molecule has 0 bridgehead atoms. The molecule has 1 aliphatic rings. The molecule has 0 saturated heterocycles. The Balaban J connectivity index is 1.63. The Morgan fingerprint density at radius 1 is 1.43 bits per heavy atom. The van der Waals surface area contributed by atoms with Gasteiger partial charge in [-0.05, 0) is 36.8 Å². The molecule has 146 valence electrons. The fourth-order valence-electron chi connectivity index (χ4n) is 2.97. The number of carbonyl (C=O) groups excluding carboxylic acids is 1. The monoisotopic (exact) mass is 419 g/mol. The zero-order valence-corrected chi connectivity index (χ0v) is 16.8. The van der Waals surface area contributed by atoms with Gasteiger partial charge in [0.2, 0.25) is 11.1 Å². The second-order valence-corrected chi connectivity index (χ2v) is 7.72. The summed E-state index contributed by atoms with van der Waals surface area (Å²) >= 11 is 7.66. The number of methoxy groups -OCH3 is 1. The number of hydrogen-bond donors (Lipinski definition) is 2. The van der Waals surface area contributed by atoms with E-state index in [9.17, 15) is 4.79 Å². The molecule has 4 rings (SSSR count). The molecule has 0 spiro atoms. The van der Waals surface area contributed by atoms with Crippen LogP contribution in [0.15, 0.2) is 46.2 Å². The first-order valence-electron chi connectivity index (χ1n) is 8.55. The number of carbonyl (C=O) groups is 1. The number of halogens is 1. The summed E-state index contributed by atoms with van der Waals surface area (Å²) in [5, 5.41) is 11.8. The lowest BCUT2D eigenvalue weighted by Crippen LogP contribution is -2.44. The van der Waals surface area contributed by atoms with Crippen LogP contribution < -0.4 is 15.5 Å². The number of amides is 1. The highest BCUT2D eigenvalue weighted by Crippen LogP contribution is 2.38. The zero-order chi connectivity index (χ0) is 19.7. The fourth-order valence-corrected chi connectivity index (χ4v) is 4.39. The van der Waals surface area contributed by atoms with Gasteiger partial charge in [0.1, 0.15) is 22.6 Å². The Morgan fingerprint density at radius 2 is 2.29 bits per heavy atom. The third kappa shape index (κ3) is 3.55. The summed E-state index contributed by atoms with van der Waals surface area (Å²) in [6.45, 7) is 2.16. The van der Waals surface area contributed by atoms with Crippen molar-refractivity contribution < 1.29 is 13.9 Å². The van der Waals surface area contributed by atoms with Crippen LogP contribution in [0.2, 0.25) is 5.02 Å². The van der Waals surface area contributed by atoms with Gasteiger partial charge in [0.15, 0.2) is 0 Å². The number of thioether (sulfide) groups is 1. The lowest BCUT2D eigenvalue weighted by atomic mass is 10.0. The molecule has 0 fully saturated rings. The van der Waals surface area contributed by atoms with Gasteiger partial charge in [0.05, 0.1) is 31.0 Å². The number of rotatable bonds is 5. The minimum atomic E-state index is -0.476. The van der Waals surface area contributed by atoms with E-state index in [0.717, 1.165) is 5.56 Å². The number of aromatic nitrogens is 3. The van der Waals surface area contributed by atoms with Gasteiger partial charge in [0.25, 0.3) is 0 Å². The lowest BCUT2D eigenvalue weighted by Gasteiger charge is -2.32. The first-order chi connectivity index (χ1) is 13.6. The van der Waals surface area contributed by atoms with Crippen molar-refractivity contribution in [3.8, 4) is 5.75 Å². The van der Waals surface area contributed by atoms with Crippen molar-refractivity contribution in [2.75, 3.05) is 12.5 Å². The van der Waals surface area contributed by atoms with Crippen LogP contribution in [0.25, 0.3) is 0 Å². The van der Waals surface area contributed by atoms with Crippen LogP contribution in [-0.2, 0) is 11.3 Å². The predicted molar refractivity (Wildman–Crippen MR) is 105 cm³/mol. The van der Waals surface area contributed by atoms with Crippen molar-refractivity contribution in [3.63, 3.8) is 0 Å². The van der Waals surface area contributed by atoms with E-state index in [-0.39, 0.29) is 11.9 Å². The molecule has 10 heteroatoms. The summed E-state index contributed by atoms with van der Waals surface area (Å²) in [5.74, 6) is 1.83. The topological polar surface area (TPSA) is 94.2 Å². The number of aryl methyl sites for hydroxylation is 1. The summed E-state index contributed by atoms with van der Waals surface area (Å²) in [6, 6.07) is 8.73. The normalized spacial score (nSPS) is 18.2. The van der Waals surface area contributed by atoms with Crippen LogP contribution in [-0.4, -0.2) is 33.1 Å². The van der Waals surface area contributed by atoms with Gasteiger partial charge in [-0.25, -0.2) is 4.68 Å². The van der Waals surface area contributed by atoms with E-state index < -0.39 is 5.25 Å². The highest BCUT2D eigenvalue weighted by Gasteiger charge is 2.37. The van der Waals surface area contributed by atoms with E-state index in [1.165, 1.54) is 11.8 Å². The average molecular weight is 420 g/mol. The highest BCUT2D eigenvalue weighted by molar-refractivity contribution is 8.00. The summed E-state index contributed by atoms with van der Waals surface area (Å²) < 4.78 is 12.3. The molecule has 0 unspecified atom stereocenters. The average Bonchev–Trinajstić information content (AvgIpc) is 3.35. The molecule has 2 aromatic heterocycles. The van der Waals surface area contributed by atoms with Crippen LogP contribution in [0.5, 0.6) is 5.75 Å². The standard InChI is InChI=1S/C18H18ClN5O3S/c1-10-21-22-18-24(10)23-15(11-5-6-14(26-2)13(19)8-11)16(28-18)17(25)20-9-12-4-3-7-27-12/h3-8,15-16,23H,9H2,1-2H3,(H,20,25)/t15-,16+/m1/s1. The zero-order valence-electron chi connectivity index (χ0n) is 15.2. The van der Waals surface area contributed by atoms with Gasteiger partial charge in [-0.2, -0.15) is 0 Å². The van der Waals surface area contributed by atoms with E-state index in [2.05, 4.69) is 20.9 Å². The number of fused-ring (bicyclic) bond motifs is 1. The van der Waals surface area contributed by atoms with E-state index in [4.69, 9.17) is 20.8 Å². The summed E-state index contributed by atoms with van der Waals surface area (Å²) in [5.41, 5.74) is 4.19. The number of nitrogens with one attached hydrogen (secondary N) is 2. The molecule has 0 aliphatic carbocycles. The second kappa shape index (κ2) is 7.76. The van der Waals surface area contributed by atoms with Crippen molar-refractivity contribution in [3.05, 3.63) is 58.8 Å². The Bertz CT molecular complexity index is 991. The van der Waals surface area contributed by atoms with E-state index >= 15 is 0 Å². The number of benzene rings is 1. The first-order valence-corrected chi connectivity index (χ1v) is 9.81. The largest absolute Gasteiger partial charge is 0.495 e. The molecule has 28 heavy (non-hydrogen) atoms. The molecule has 3 heterocycles. The Labute approximate surface area is 170 Å². The number of nitrogens with zero attached hydrogens (tertiary/aromatic N) is 3. The first kappa shape index (κ1) is 18.7. The number of ether oxygens (including phenoxy) is 1. The van der Waals surface area contributed by atoms with Gasteiger partial charge in [-0.3, -0.25) is 4.79 Å². The molecule has 2 atom stereocenters. The van der Waals surface area contributed by atoms with Gasteiger partial charge in [0, 0.05) is 0 Å². The molecule has 1 aromatic carbocycles. The third-order valence-electron chi connectivity index (χ3n) is 4.41. The summed E-state index contributed by atoms with van der Waals surface area (Å²) in [6.07, 6.45) is 1.58. The maximum Gasteiger partial charge on any atom is 0.236 e. The van der Waals surface area contributed by atoms with Crippen molar-refractivity contribution in [1.82, 2.24) is 20.2 Å². The number of furan rings is 1. The molecule has 2 N–H and O–H groups in total. The number of hydrogen-bond acceptors (Lipinski definition) is 7. The Kier molecular flexibility index (Phi) is 5.19. The van der Waals surface area contributed by atoms with Gasteiger partial charge < -0.3 is 19.9 Å². The lowest BCUT2D eigenvalue weighted by molar-refractivity contribution is -0.121. The van der Waals surface area contributed by atoms with E-state index in [0.29, 0.717) is 34.1 Å². The SMILES string of the molecule is COc1ccc([C@H]2Nn3c(C)nnc3S[C@@H]2C(=O)NCc2ccco2)cc1Cl. The van der Waals surface area contributed by atoms with Crippen LogP contribution >= 0.6 is 23.4 Å². The van der Waals surface area contributed by atoms with Crippen molar-refractivity contribution in [2.45, 2.75) is 29.9 Å². The van der Waals surface area contributed by atoms with Crippen molar-refractivity contribution >= 4 is 29.3 Å². The Morgan fingerprint density at radius 3 is 3.00 bits per heavy atom. The van der Waals surface area contributed by atoms with Crippen LogP contribution in [0.4, 0.5) is 0 Å². The minimum absolute atomic E-state index is 0.141. The van der Waals surface area contributed by atoms with Gasteiger partial charge >= 0.3 is 0 Å². The summed E-state index contributed by atoms with van der Waals surface area (Å²) in [7, 11) is 1.56. The summed E-state index contributed by atoms with van der Waals surface area (Å²) in [4.78, 5) is 13.0. The van der Waals surface area contributed by atoms with Crippen LogP contribution in [0.1, 0.15) is 23.2 Å². The van der Waals surface area contributed by atoms with Gasteiger partial charge in [-0.15, -0.1) is 10.2 Å². The van der Waals surface area contributed by atoms with Crippen LogP contribution in [0.3, 0.4) is 0 Å². The van der Waals surface area contributed by atoms with Crippen molar-refractivity contribution in [2.24, 2.45) is 0 Å². The van der Waals surface area contributed by atoms with E-state index in [1.54, 1.807) is 36.2 Å². The highest BCUT2D eigenvalue weighted by atomic mass is 35.5. The second-order valence-electron chi connectivity index (χ2n) is 6.20. The van der Waals surface area contributed by atoms with Gasteiger partial charge in [-0.1, -0.05) is 29.4 Å². The fraction of sp³-hybridized carbons (Fsp3) is 0.278. The molecule has 3 aromatic rings. The van der Waals surface area contributed by atoms with Crippen LogP contribution in [0, 0.1) is 6.92 Å². The molecule has 0 radical (unpaired) electrons. The molecular weight excluding hydrogens is 402 g/mol. The molecule has 1 amide bonds. The van der Waals surface area contributed by atoms with E-state index in [1.807, 2.05) is 19.1 Å². The third-order valence-corrected chi connectivity index (χ3v) is 5.92. The van der Waals surface area contributed by atoms with Crippen molar-refractivity contribution in [1.29, 1.82) is 0 Å². The smallest absolute Gasteiger partial charge is 0.236 e. The predicted octanol–water partition coefficient (Wildman–Crippen LogP) is 2.92. The quantitative estimate of drug-likeness (QED) is 0.656. The molecule has 0 saturated carbocycles. The molecule has 8 nitrogen and oxygen atoms in total. The maximum absolute atomic E-state index is 13.0. The maximum atomic E-state index is 13.0. The molecular formula is C18H18ClN5O3S. The minimum Gasteiger partial charge on any atom is -0.495 e.